The zero-order valence-corrected chi connectivity index (χ0v) is 11.3. The molecule has 16 heavy (non-hydrogen) atoms. The standard InChI is InChI=1S/C9H19NO4S2/c1-3-5-6-16(13,14)10-7-9(8-10)15(11,12)4-2/h9H,3-8H2,1-2H3. The minimum absolute atomic E-state index is 0.0838. The van der Waals surface area contributed by atoms with Crippen LogP contribution in [-0.2, 0) is 19.9 Å². The Kier molecular flexibility index (Phi) is 4.36. The van der Waals surface area contributed by atoms with Crippen LogP contribution in [0, 0.1) is 0 Å². The third-order valence-corrected chi connectivity index (χ3v) is 6.88. The molecule has 96 valence electrons. The summed E-state index contributed by atoms with van der Waals surface area (Å²) in [6.45, 7) is 3.80. The molecule has 1 aliphatic heterocycles. The average Bonchev–Trinajstić information content (AvgIpc) is 2.11. The zero-order chi connectivity index (χ0) is 12.4. The molecule has 1 heterocycles. The second kappa shape index (κ2) is 5.01. The van der Waals surface area contributed by atoms with Crippen LogP contribution in [0.3, 0.4) is 0 Å². The Hall–Kier alpha value is -0.140. The van der Waals surface area contributed by atoms with Crippen molar-refractivity contribution in [3.05, 3.63) is 0 Å². The van der Waals surface area contributed by atoms with Gasteiger partial charge in [-0.2, -0.15) is 4.31 Å². The van der Waals surface area contributed by atoms with E-state index >= 15 is 0 Å². The molecule has 1 saturated heterocycles. The summed E-state index contributed by atoms with van der Waals surface area (Å²) in [5.41, 5.74) is 0. The second-order valence-electron chi connectivity index (χ2n) is 4.06. The highest BCUT2D eigenvalue weighted by molar-refractivity contribution is 7.92. The normalized spacial score (nSPS) is 19.6. The van der Waals surface area contributed by atoms with Crippen molar-refractivity contribution in [2.24, 2.45) is 0 Å². The van der Waals surface area contributed by atoms with Crippen molar-refractivity contribution in [2.45, 2.75) is 31.9 Å². The van der Waals surface area contributed by atoms with Crippen molar-refractivity contribution in [2.75, 3.05) is 24.6 Å². The van der Waals surface area contributed by atoms with Crippen molar-refractivity contribution in [1.82, 2.24) is 4.31 Å². The monoisotopic (exact) mass is 269 g/mol. The molecule has 0 aromatic rings. The summed E-state index contributed by atoms with van der Waals surface area (Å²) in [5.74, 6) is 0.211. The Morgan fingerprint density at radius 1 is 1.12 bits per heavy atom. The van der Waals surface area contributed by atoms with E-state index in [0.717, 1.165) is 6.42 Å². The summed E-state index contributed by atoms with van der Waals surface area (Å²) in [4.78, 5) is 0. The second-order valence-corrected chi connectivity index (χ2v) is 8.72. The summed E-state index contributed by atoms with van der Waals surface area (Å²) in [7, 11) is -6.30. The minimum atomic E-state index is -3.22. The topological polar surface area (TPSA) is 71.5 Å². The van der Waals surface area contributed by atoms with Crippen LogP contribution in [0.2, 0.25) is 0 Å². The van der Waals surface area contributed by atoms with Gasteiger partial charge < -0.3 is 0 Å². The molecular weight excluding hydrogens is 250 g/mol. The van der Waals surface area contributed by atoms with E-state index in [9.17, 15) is 16.8 Å². The van der Waals surface area contributed by atoms with Gasteiger partial charge in [-0.3, -0.25) is 0 Å². The van der Waals surface area contributed by atoms with E-state index in [-0.39, 0.29) is 24.6 Å². The van der Waals surface area contributed by atoms with E-state index in [0.29, 0.717) is 6.42 Å². The van der Waals surface area contributed by atoms with Gasteiger partial charge in [-0.15, -0.1) is 0 Å². The van der Waals surface area contributed by atoms with Gasteiger partial charge in [0.1, 0.15) is 0 Å². The Bertz CT molecular complexity index is 420. The molecule has 0 amide bonds. The Morgan fingerprint density at radius 3 is 2.12 bits per heavy atom. The molecule has 0 N–H and O–H groups in total. The van der Waals surface area contributed by atoms with E-state index in [4.69, 9.17) is 0 Å². The molecule has 0 saturated carbocycles. The van der Waals surface area contributed by atoms with Gasteiger partial charge in [0.15, 0.2) is 9.84 Å². The molecule has 7 heteroatoms. The van der Waals surface area contributed by atoms with Crippen LogP contribution in [0.25, 0.3) is 0 Å². The fourth-order valence-electron chi connectivity index (χ4n) is 1.55. The lowest BCUT2D eigenvalue weighted by Gasteiger charge is -2.37. The van der Waals surface area contributed by atoms with Crippen LogP contribution in [0.1, 0.15) is 26.7 Å². The molecule has 0 aliphatic carbocycles. The Balaban J connectivity index is 2.53. The van der Waals surface area contributed by atoms with Crippen LogP contribution >= 0.6 is 0 Å². The summed E-state index contributed by atoms with van der Waals surface area (Å²) in [6.07, 6.45) is 1.45. The smallest absolute Gasteiger partial charge is 0.214 e. The summed E-state index contributed by atoms with van der Waals surface area (Å²) < 4.78 is 47.5. The van der Waals surface area contributed by atoms with Gasteiger partial charge in [0.25, 0.3) is 0 Å². The lowest BCUT2D eigenvalue weighted by atomic mass is 10.3. The zero-order valence-electron chi connectivity index (χ0n) is 9.72. The van der Waals surface area contributed by atoms with Gasteiger partial charge in [-0.1, -0.05) is 20.3 Å². The number of unbranched alkanes of at least 4 members (excludes halogenated alkanes) is 1. The maximum absolute atomic E-state index is 11.7. The predicted molar refractivity (Wildman–Crippen MR) is 63.5 cm³/mol. The van der Waals surface area contributed by atoms with Gasteiger partial charge in [-0.05, 0) is 6.42 Å². The van der Waals surface area contributed by atoms with E-state index in [2.05, 4.69) is 0 Å². The SMILES string of the molecule is CCCCS(=O)(=O)N1CC(S(=O)(=O)CC)C1. The molecule has 0 atom stereocenters. The first-order valence-corrected chi connectivity index (χ1v) is 8.85. The lowest BCUT2D eigenvalue weighted by molar-refractivity contribution is 0.309. The maximum atomic E-state index is 11.7. The molecule has 0 aromatic heterocycles. The van der Waals surface area contributed by atoms with Gasteiger partial charge >= 0.3 is 0 Å². The summed E-state index contributed by atoms with van der Waals surface area (Å²) in [6, 6.07) is 0. The third-order valence-electron chi connectivity index (χ3n) is 2.87. The molecule has 1 aliphatic rings. The number of nitrogens with zero attached hydrogens (tertiary/aromatic N) is 1. The molecule has 1 rings (SSSR count). The minimum Gasteiger partial charge on any atom is -0.228 e. The first-order chi connectivity index (χ1) is 7.33. The Morgan fingerprint density at radius 2 is 1.69 bits per heavy atom. The molecule has 0 radical (unpaired) electrons. The third kappa shape index (κ3) is 2.95. The first kappa shape index (κ1) is 13.9. The van der Waals surface area contributed by atoms with Gasteiger partial charge in [0.2, 0.25) is 10.0 Å². The molecule has 0 spiro atoms. The number of rotatable bonds is 6. The van der Waals surface area contributed by atoms with Gasteiger partial charge in [0.05, 0.1) is 11.0 Å². The van der Waals surface area contributed by atoms with Crippen molar-refractivity contribution >= 4 is 19.9 Å². The number of hydrogen-bond acceptors (Lipinski definition) is 4. The molecule has 0 bridgehead atoms. The molecule has 0 unspecified atom stereocenters. The Labute approximate surface area is 97.8 Å². The van der Waals surface area contributed by atoms with E-state index in [1.54, 1.807) is 6.92 Å². The van der Waals surface area contributed by atoms with Gasteiger partial charge in [0, 0.05) is 18.8 Å². The van der Waals surface area contributed by atoms with Crippen molar-refractivity contribution in [3.8, 4) is 0 Å². The van der Waals surface area contributed by atoms with Crippen LogP contribution < -0.4 is 0 Å². The van der Waals surface area contributed by atoms with E-state index in [1.807, 2.05) is 6.92 Å². The lowest BCUT2D eigenvalue weighted by Crippen LogP contribution is -2.57. The first-order valence-electron chi connectivity index (χ1n) is 5.53. The number of sulfonamides is 1. The van der Waals surface area contributed by atoms with Crippen molar-refractivity contribution in [1.29, 1.82) is 0 Å². The summed E-state index contributed by atoms with van der Waals surface area (Å²) in [5, 5.41) is -0.492. The fourth-order valence-corrected chi connectivity index (χ4v) is 4.75. The predicted octanol–water partition coefficient (Wildman–Crippen LogP) is 0.235. The number of hydrogen-bond donors (Lipinski definition) is 0. The van der Waals surface area contributed by atoms with E-state index < -0.39 is 25.1 Å². The highest BCUT2D eigenvalue weighted by Gasteiger charge is 2.41. The molecular formula is C9H19NO4S2. The highest BCUT2D eigenvalue weighted by Crippen LogP contribution is 2.21. The van der Waals surface area contributed by atoms with Crippen LogP contribution in [0.15, 0.2) is 0 Å². The summed E-state index contributed by atoms with van der Waals surface area (Å²) >= 11 is 0. The van der Waals surface area contributed by atoms with Crippen LogP contribution in [0.4, 0.5) is 0 Å². The molecule has 5 nitrogen and oxygen atoms in total. The molecule has 1 fully saturated rings. The average molecular weight is 269 g/mol. The van der Waals surface area contributed by atoms with E-state index in [1.165, 1.54) is 4.31 Å². The number of sulfone groups is 1. The quantitative estimate of drug-likeness (QED) is 0.692. The maximum Gasteiger partial charge on any atom is 0.214 e. The van der Waals surface area contributed by atoms with Crippen molar-refractivity contribution < 1.29 is 16.8 Å². The largest absolute Gasteiger partial charge is 0.228 e. The van der Waals surface area contributed by atoms with Gasteiger partial charge in [-0.25, -0.2) is 16.8 Å². The fraction of sp³-hybridized carbons (Fsp3) is 1.00. The van der Waals surface area contributed by atoms with Crippen molar-refractivity contribution in [3.63, 3.8) is 0 Å². The van der Waals surface area contributed by atoms with Crippen LogP contribution in [0.5, 0.6) is 0 Å². The van der Waals surface area contributed by atoms with Crippen LogP contribution in [-0.4, -0.2) is 51.0 Å². The molecule has 0 aromatic carbocycles. The highest BCUT2D eigenvalue weighted by atomic mass is 32.2.